The average molecular weight is 145 g/mol. The highest BCUT2D eigenvalue weighted by atomic mass is 16.5. The van der Waals surface area contributed by atoms with Gasteiger partial charge in [-0.1, -0.05) is 0 Å². The van der Waals surface area contributed by atoms with Gasteiger partial charge >= 0.3 is 0 Å². The third-order valence-corrected chi connectivity index (χ3v) is 0.760. The molecule has 1 atom stereocenters. The van der Waals surface area contributed by atoms with Crippen LogP contribution in [-0.4, -0.2) is 19.2 Å². The van der Waals surface area contributed by atoms with Crippen molar-refractivity contribution >= 4 is 5.91 Å². The molecule has 0 spiro atoms. The maximum absolute atomic E-state index is 10.2. The van der Waals surface area contributed by atoms with Gasteiger partial charge in [0.1, 0.15) is 6.23 Å². The van der Waals surface area contributed by atoms with Crippen molar-refractivity contribution in [3.63, 3.8) is 0 Å². The SMILES string of the molecule is C=C.COC(C)NC(C)=O. The smallest absolute Gasteiger partial charge is 0.218 e. The van der Waals surface area contributed by atoms with Crippen LogP contribution < -0.4 is 5.32 Å². The summed E-state index contributed by atoms with van der Waals surface area (Å²) in [6.45, 7) is 9.22. The van der Waals surface area contributed by atoms with Crippen molar-refractivity contribution in [3.8, 4) is 0 Å². The zero-order valence-corrected chi connectivity index (χ0v) is 6.81. The lowest BCUT2D eigenvalue weighted by Crippen LogP contribution is -2.31. The van der Waals surface area contributed by atoms with Gasteiger partial charge in [0.2, 0.25) is 5.91 Å². The number of hydrogen-bond donors (Lipinski definition) is 1. The monoisotopic (exact) mass is 145 g/mol. The van der Waals surface area contributed by atoms with Crippen molar-refractivity contribution in [1.29, 1.82) is 0 Å². The van der Waals surface area contributed by atoms with E-state index in [2.05, 4.69) is 18.5 Å². The first-order valence-corrected chi connectivity index (χ1v) is 2.96. The molecule has 0 aromatic carbocycles. The van der Waals surface area contributed by atoms with Crippen molar-refractivity contribution in [2.45, 2.75) is 20.1 Å². The highest BCUT2D eigenvalue weighted by Gasteiger charge is 1.96. The summed E-state index contributed by atoms with van der Waals surface area (Å²) >= 11 is 0. The molecule has 0 heterocycles. The fourth-order valence-electron chi connectivity index (χ4n) is 0.345. The molecule has 0 aliphatic heterocycles. The molecular weight excluding hydrogens is 130 g/mol. The fraction of sp³-hybridized carbons (Fsp3) is 0.571. The Kier molecular flexibility index (Phi) is 9.73. The first-order chi connectivity index (χ1) is 4.66. The van der Waals surface area contributed by atoms with E-state index in [1.165, 1.54) is 6.92 Å². The quantitative estimate of drug-likeness (QED) is 0.463. The van der Waals surface area contributed by atoms with E-state index in [9.17, 15) is 4.79 Å². The number of ether oxygens (including phenoxy) is 1. The van der Waals surface area contributed by atoms with Crippen LogP contribution in [-0.2, 0) is 9.53 Å². The van der Waals surface area contributed by atoms with Crippen molar-refractivity contribution in [3.05, 3.63) is 13.2 Å². The van der Waals surface area contributed by atoms with Crippen molar-refractivity contribution in [2.24, 2.45) is 0 Å². The Morgan fingerprint density at radius 3 is 2.10 bits per heavy atom. The highest BCUT2D eigenvalue weighted by molar-refractivity contribution is 5.72. The molecule has 3 heteroatoms. The molecular formula is C7H15NO2. The molecule has 0 aromatic rings. The number of carbonyl (C=O) groups is 1. The summed E-state index contributed by atoms with van der Waals surface area (Å²) in [7, 11) is 1.54. The Bertz CT molecular complexity index is 93.6. The molecule has 0 bridgehead atoms. The van der Waals surface area contributed by atoms with Crippen LogP contribution in [0.1, 0.15) is 13.8 Å². The van der Waals surface area contributed by atoms with Crippen molar-refractivity contribution in [2.75, 3.05) is 7.11 Å². The zero-order chi connectivity index (χ0) is 8.57. The van der Waals surface area contributed by atoms with Gasteiger partial charge in [-0.25, -0.2) is 0 Å². The van der Waals surface area contributed by atoms with E-state index in [0.29, 0.717) is 0 Å². The van der Waals surface area contributed by atoms with Crippen LogP contribution in [0.15, 0.2) is 13.2 Å². The van der Waals surface area contributed by atoms with Crippen LogP contribution in [0.4, 0.5) is 0 Å². The van der Waals surface area contributed by atoms with Gasteiger partial charge in [-0.05, 0) is 6.92 Å². The van der Waals surface area contributed by atoms with Gasteiger partial charge in [0, 0.05) is 14.0 Å². The van der Waals surface area contributed by atoms with Gasteiger partial charge in [0.05, 0.1) is 0 Å². The molecule has 1 unspecified atom stereocenters. The average Bonchev–Trinajstić information content (AvgIpc) is 1.91. The van der Waals surface area contributed by atoms with E-state index in [0.717, 1.165) is 0 Å². The van der Waals surface area contributed by atoms with Crippen LogP contribution in [0.5, 0.6) is 0 Å². The second-order valence-electron chi connectivity index (χ2n) is 1.58. The van der Waals surface area contributed by atoms with Crippen LogP contribution >= 0.6 is 0 Å². The highest BCUT2D eigenvalue weighted by Crippen LogP contribution is 1.78. The van der Waals surface area contributed by atoms with Gasteiger partial charge in [-0.15, -0.1) is 13.2 Å². The number of amides is 1. The van der Waals surface area contributed by atoms with E-state index >= 15 is 0 Å². The number of methoxy groups -OCH3 is 1. The first kappa shape index (κ1) is 11.9. The second kappa shape index (κ2) is 8.17. The van der Waals surface area contributed by atoms with Crippen LogP contribution in [0, 0.1) is 0 Å². The van der Waals surface area contributed by atoms with E-state index in [-0.39, 0.29) is 12.1 Å². The third-order valence-electron chi connectivity index (χ3n) is 0.760. The lowest BCUT2D eigenvalue weighted by Gasteiger charge is -2.08. The number of nitrogens with one attached hydrogen (secondary N) is 1. The third kappa shape index (κ3) is 10.2. The Hall–Kier alpha value is -0.830. The minimum Gasteiger partial charge on any atom is -0.362 e. The predicted octanol–water partition coefficient (Wildman–Crippen LogP) is 0.917. The Balaban J connectivity index is 0. The Morgan fingerprint density at radius 2 is 2.00 bits per heavy atom. The molecule has 10 heavy (non-hydrogen) atoms. The summed E-state index contributed by atoms with van der Waals surface area (Å²) < 4.78 is 4.73. The second-order valence-corrected chi connectivity index (χ2v) is 1.58. The summed E-state index contributed by atoms with van der Waals surface area (Å²) in [5.74, 6) is -0.0700. The van der Waals surface area contributed by atoms with E-state index < -0.39 is 0 Å². The zero-order valence-electron chi connectivity index (χ0n) is 6.81. The fourth-order valence-corrected chi connectivity index (χ4v) is 0.345. The van der Waals surface area contributed by atoms with Crippen LogP contribution in [0.25, 0.3) is 0 Å². The number of hydrogen-bond acceptors (Lipinski definition) is 2. The number of carbonyl (C=O) groups excluding carboxylic acids is 1. The minimum atomic E-state index is -0.174. The van der Waals surface area contributed by atoms with Crippen LogP contribution in [0.3, 0.4) is 0 Å². The first-order valence-electron chi connectivity index (χ1n) is 2.96. The summed E-state index contributed by atoms with van der Waals surface area (Å²) in [5.41, 5.74) is 0. The minimum absolute atomic E-state index is 0.0700. The van der Waals surface area contributed by atoms with E-state index in [1.807, 2.05) is 0 Å². The molecule has 0 saturated carbocycles. The maximum Gasteiger partial charge on any atom is 0.218 e. The molecule has 0 rings (SSSR count). The van der Waals surface area contributed by atoms with Gasteiger partial charge < -0.3 is 10.1 Å². The molecule has 60 valence electrons. The molecule has 0 saturated heterocycles. The molecule has 0 aromatic heterocycles. The Labute approximate surface area is 62.1 Å². The molecule has 0 radical (unpaired) electrons. The van der Waals surface area contributed by atoms with Gasteiger partial charge in [-0.3, -0.25) is 4.79 Å². The van der Waals surface area contributed by atoms with E-state index in [4.69, 9.17) is 4.74 Å². The number of rotatable bonds is 2. The maximum atomic E-state index is 10.2. The summed E-state index contributed by atoms with van der Waals surface area (Å²) in [5, 5.41) is 2.53. The largest absolute Gasteiger partial charge is 0.362 e. The molecule has 0 aliphatic rings. The summed E-state index contributed by atoms with van der Waals surface area (Å²) in [4.78, 5) is 10.2. The van der Waals surface area contributed by atoms with Gasteiger partial charge in [-0.2, -0.15) is 0 Å². The van der Waals surface area contributed by atoms with Gasteiger partial charge in [0.25, 0.3) is 0 Å². The molecule has 1 N–H and O–H groups in total. The van der Waals surface area contributed by atoms with Gasteiger partial charge in [0.15, 0.2) is 0 Å². The summed E-state index contributed by atoms with van der Waals surface area (Å²) in [6, 6.07) is 0. The van der Waals surface area contributed by atoms with Crippen LogP contribution in [0.2, 0.25) is 0 Å². The lowest BCUT2D eigenvalue weighted by molar-refractivity contribution is -0.122. The molecule has 0 fully saturated rings. The summed E-state index contributed by atoms with van der Waals surface area (Å²) in [6.07, 6.45) is -0.174. The molecule has 1 amide bonds. The lowest BCUT2D eigenvalue weighted by atomic mass is 10.6. The van der Waals surface area contributed by atoms with Crippen molar-refractivity contribution in [1.82, 2.24) is 5.32 Å². The predicted molar refractivity (Wildman–Crippen MR) is 41.5 cm³/mol. The molecule has 3 nitrogen and oxygen atoms in total. The topological polar surface area (TPSA) is 38.3 Å². The van der Waals surface area contributed by atoms with Crippen molar-refractivity contribution < 1.29 is 9.53 Å². The van der Waals surface area contributed by atoms with E-state index in [1.54, 1.807) is 14.0 Å². The molecule has 0 aliphatic carbocycles. The standard InChI is InChI=1S/C5H11NO2.C2H4/c1-4(7)6-5(2)8-3;1-2/h5H,1-3H3,(H,6,7);1-2H2. The normalized spacial score (nSPS) is 10.7. The Morgan fingerprint density at radius 1 is 1.60 bits per heavy atom.